The number of nitrogens with zero attached hydrogens (tertiary/aromatic N) is 2. The van der Waals surface area contributed by atoms with Gasteiger partial charge in [0.1, 0.15) is 11.6 Å². The number of aryl methyl sites for hydroxylation is 1. The molecule has 114 valence electrons. The normalized spacial score (nSPS) is 11.0. The van der Waals surface area contributed by atoms with Crippen LogP contribution in [-0.2, 0) is 0 Å². The highest BCUT2D eigenvalue weighted by Gasteiger charge is 2.13. The van der Waals surface area contributed by atoms with E-state index in [-0.39, 0.29) is 5.82 Å². The zero-order valence-electron chi connectivity index (χ0n) is 11.8. The van der Waals surface area contributed by atoms with E-state index in [1.807, 2.05) is 13.0 Å². The van der Waals surface area contributed by atoms with Crippen LogP contribution < -0.4 is 0 Å². The van der Waals surface area contributed by atoms with Crippen LogP contribution in [0.25, 0.3) is 11.5 Å². The van der Waals surface area contributed by atoms with Gasteiger partial charge in [-0.2, -0.15) is 0 Å². The number of benzene rings is 1. The van der Waals surface area contributed by atoms with Crippen LogP contribution in [0.1, 0.15) is 5.76 Å². The summed E-state index contributed by atoms with van der Waals surface area (Å²) in [5.41, 5.74) is 0.819. The minimum absolute atomic E-state index is 0.216. The lowest BCUT2D eigenvalue weighted by Gasteiger charge is -1.99. The lowest BCUT2D eigenvalue weighted by atomic mass is 10.3. The Bertz CT molecular complexity index is 740. The predicted octanol–water partition coefficient (Wildman–Crippen LogP) is 4.66. The van der Waals surface area contributed by atoms with Crippen LogP contribution in [0.2, 0.25) is 0 Å². The van der Waals surface area contributed by atoms with E-state index in [4.69, 9.17) is 8.83 Å². The highest BCUT2D eigenvalue weighted by molar-refractivity contribution is 8.02. The number of rotatable bonds is 6. The van der Waals surface area contributed by atoms with Crippen molar-refractivity contribution < 1.29 is 13.2 Å². The van der Waals surface area contributed by atoms with Gasteiger partial charge in [0.05, 0.1) is 11.8 Å². The molecule has 0 radical (unpaired) electrons. The summed E-state index contributed by atoms with van der Waals surface area (Å²) in [6.07, 6.45) is 1.60. The third-order valence-corrected chi connectivity index (χ3v) is 4.98. The van der Waals surface area contributed by atoms with Crippen LogP contribution in [0.4, 0.5) is 4.39 Å². The second-order valence-corrected chi connectivity index (χ2v) is 6.63. The maximum absolute atomic E-state index is 12.8. The molecule has 0 fully saturated rings. The lowest BCUT2D eigenvalue weighted by molar-refractivity contribution is 0.463. The molecule has 3 aromatic rings. The van der Waals surface area contributed by atoms with E-state index in [0.29, 0.717) is 11.1 Å². The van der Waals surface area contributed by atoms with Gasteiger partial charge in [0, 0.05) is 16.4 Å². The average Bonchev–Trinajstić information content (AvgIpc) is 3.14. The highest BCUT2D eigenvalue weighted by Crippen LogP contribution is 2.27. The van der Waals surface area contributed by atoms with Gasteiger partial charge in [-0.25, -0.2) is 4.39 Å². The first-order valence-corrected chi connectivity index (χ1v) is 8.58. The fourth-order valence-electron chi connectivity index (χ4n) is 1.80. The third-order valence-electron chi connectivity index (χ3n) is 2.89. The Labute approximate surface area is 135 Å². The van der Waals surface area contributed by atoms with E-state index in [0.717, 1.165) is 27.7 Å². The van der Waals surface area contributed by atoms with Gasteiger partial charge in [-0.05, 0) is 37.3 Å². The van der Waals surface area contributed by atoms with Crippen molar-refractivity contribution in [2.24, 2.45) is 0 Å². The second-order valence-electron chi connectivity index (χ2n) is 4.41. The molecule has 1 aromatic carbocycles. The Morgan fingerprint density at radius 1 is 1.05 bits per heavy atom. The largest absolute Gasteiger partial charge is 0.469 e. The van der Waals surface area contributed by atoms with Gasteiger partial charge in [-0.3, -0.25) is 0 Å². The monoisotopic (exact) mass is 336 g/mol. The van der Waals surface area contributed by atoms with Crippen molar-refractivity contribution in [3.05, 3.63) is 48.2 Å². The van der Waals surface area contributed by atoms with Crippen LogP contribution >= 0.6 is 23.5 Å². The first-order valence-electron chi connectivity index (χ1n) is 6.61. The minimum atomic E-state index is -0.216. The van der Waals surface area contributed by atoms with Gasteiger partial charge in [0.2, 0.25) is 0 Å². The topological polar surface area (TPSA) is 52.1 Å². The zero-order chi connectivity index (χ0) is 15.4. The molecule has 2 heterocycles. The van der Waals surface area contributed by atoms with Crippen molar-refractivity contribution in [1.29, 1.82) is 0 Å². The van der Waals surface area contributed by atoms with E-state index in [9.17, 15) is 4.39 Å². The molecule has 0 saturated heterocycles. The standard InChI is InChI=1S/C15H13FN2O2S2/c1-10-13(6-7-19-10)14-17-18-15(20-14)22-9-8-21-12-4-2-11(16)3-5-12/h2-7H,8-9H2,1H3. The summed E-state index contributed by atoms with van der Waals surface area (Å²) >= 11 is 3.16. The van der Waals surface area contributed by atoms with Crippen molar-refractivity contribution in [1.82, 2.24) is 10.2 Å². The summed E-state index contributed by atoms with van der Waals surface area (Å²) in [5, 5.41) is 8.57. The number of halogens is 1. The molecule has 0 N–H and O–H groups in total. The molecule has 0 aliphatic rings. The Morgan fingerprint density at radius 3 is 2.55 bits per heavy atom. The highest BCUT2D eigenvalue weighted by atomic mass is 32.2. The summed E-state index contributed by atoms with van der Waals surface area (Å²) in [7, 11) is 0. The van der Waals surface area contributed by atoms with E-state index < -0.39 is 0 Å². The molecule has 0 spiro atoms. The summed E-state index contributed by atoms with van der Waals surface area (Å²) in [5.74, 6) is 2.71. The average molecular weight is 336 g/mol. The fraction of sp³-hybridized carbons (Fsp3) is 0.200. The van der Waals surface area contributed by atoms with Crippen molar-refractivity contribution in [3.8, 4) is 11.5 Å². The Hall–Kier alpha value is -1.73. The SMILES string of the molecule is Cc1occc1-c1nnc(SCCSc2ccc(F)cc2)o1. The van der Waals surface area contributed by atoms with Gasteiger partial charge >= 0.3 is 0 Å². The molecule has 0 amide bonds. The van der Waals surface area contributed by atoms with Crippen molar-refractivity contribution >= 4 is 23.5 Å². The third kappa shape index (κ3) is 3.72. The van der Waals surface area contributed by atoms with Crippen LogP contribution in [0.3, 0.4) is 0 Å². The molecule has 7 heteroatoms. The maximum atomic E-state index is 12.8. The Balaban J connectivity index is 1.49. The van der Waals surface area contributed by atoms with Crippen LogP contribution in [0.15, 0.2) is 55.5 Å². The minimum Gasteiger partial charge on any atom is -0.469 e. The molecule has 0 bridgehead atoms. The smallest absolute Gasteiger partial charge is 0.276 e. The maximum Gasteiger partial charge on any atom is 0.276 e. The quantitative estimate of drug-likeness (QED) is 0.482. The van der Waals surface area contributed by atoms with Crippen LogP contribution in [0, 0.1) is 12.7 Å². The van der Waals surface area contributed by atoms with E-state index in [1.165, 1.54) is 23.9 Å². The summed E-state index contributed by atoms with van der Waals surface area (Å²) in [6.45, 7) is 1.85. The summed E-state index contributed by atoms with van der Waals surface area (Å²) in [6, 6.07) is 8.29. The van der Waals surface area contributed by atoms with Gasteiger partial charge in [-0.1, -0.05) is 11.8 Å². The zero-order valence-corrected chi connectivity index (χ0v) is 13.4. The molecule has 0 unspecified atom stereocenters. The van der Waals surface area contributed by atoms with Gasteiger partial charge in [0.15, 0.2) is 0 Å². The molecular weight excluding hydrogens is 323 g/mol. The number of aromatic nitrogens is 2. The van der Waals surface area contributed by atoms with Gasteiger partial charge in [0.25, 0.3) is 11.1 Å². The molecule has 2 aromatic heterocycles. The number of hydrogen-bond donors (Lipinski definition) is 0. The predicted molar refractivity (Wildman–Crippen MR) is 84.6 cm³/mol. The molecule has 0 aliphatic carbocycles. The number of furan rings is 1. The van der Waals surface area contributed by atoms with Gasteiger partial charge in [-0.15, -0.1) is 22.0 Å². The summed E-state index contributed by atoms with van der Waals surface area (Å²) in [4.78, 5) is 1.04. The van der Waals surface area contributed by atoms with Gasteiger partial charge < -0.3 is 8.83 Å². The van der Waals surface area contributed by atoms with E-state index >= 15 is 0 Å². The first kappa shape index (κ1) is 15.2. The van der Waals surface area contributed by atoms with E-state index in [1.54, 1.807) is 30.2 Å². The molecule has 0 aliphatic heterocycles. The number of hydrogen-bond acceptors (Lipinski definition) is 6. The van der Waals surface area contributed by atoms with Crippen LogP contribution in [0.5, 0.6) is 0 Å². The molecule has 22 heavy (non-hydrogen) atoms. The van der Waals surface area contributed by atoms with E-state index in [2.05, 4.69) is 10.2 Å². The lowest BCUT2D eigenvalue weighted by Crippen LogP contribution is -1.84. The Morgan fingerprint density at radius 2 is 1.82 bits per heavy atom. The molecule has 0 saturated carbocycles. The fourth-order valence-corrected chi connectivity index (χ4v) is 3.45. The van der Waals surface area contributed by atoms with Crippen molar-refractivity contribution in [2.45, 2.75) is 17.0 Å². The first-order chi connectivity index (χ1) is 10.7. The molecule has 0 atom stereocenters. The van der Waals surface area contributed by atoms with Crippen molar-refractivity contribution in [3.63, 3.8) is 0 Å². The van der Waals surface area contributed by atoms with Crippen molar-refractivity contribution in [2.75, 3.05) is 11.5 Å². The molecule has 3 rings (SSSR count). The molecular formula is C15H13FN2O2S2. The Kier molecular flexibility index (Phi) is 4.84. The molecule has 4 nitrogen and oxygen atoms in total. The number of thioether (sulfide) groups is 2. The van der Waals surface area contributed by atoms with Crippen LogP contribution in [-0.4, -0.2) is 21.7 Å². The second kappa shape index (κ2) is 7.02. The summed E-state index contributed by atoms with van der Waals surface area (Å²) < 4.78 is 23.6.